The summed E-state index contributed by atoms with van der Waals surface area (Å²) >= 11 is 0. The highest BCUT2D eigenvalue weighted by atomic mass is 16.7. The lowest BCUT2D eigenvalue weighted by Crippen LogP contribution is -2.51. The molecule has 2 aliphatic heterocycles. The van der Waals surface area contributed by atoms with Gasteiger partial charge in [-0.25, -0.2) is 0 Å². The topological polar surface area (TPSA) is 95.1 Å². The van der Waals surface area contributed by atoms with Gasteiger partial charge >= 0.3 is 0 Å². The summed E-state index contributed by atoms with van der Waals surface area (Å²) in [6.45, 7) is 6.82. The number of ether oxygens (including phenoxy) is 4. The van der Waals surface area contributed by atoms with E-state index >= 15 is 0 Å². The van der Waals surface area contributed by atoms with E-state index in [0.29, 0.717) is 29.5 Å². The highest BCUT2D eigenvalue weighted by Gasteiger charge is 2.27. The van der Waals surface area contributed by atoms with Crippen molar-refractivity contribution in [2.75, 3.05) is 20.1 Å². The molecule has 0 radical (unpaired) electrons. The summed E-state index contributed by atoms with van der Waals surface area (Å²) < 4.78 is 21.4. The van der Waals surface area contributed by atoms with Crippen molar-refractivity contribution in [2.24, 2.45) is 5.41 Å². The Bertz CT molecular complexity index is 1010. The summed E-state index contributed by atoms with van der Waals surface area (Å²) in [5, 5.41) is 6.01. The van der Waals surface area contributed by atoms with Crippen molar-refractivity contribution in [3.05, 3.63) is 47.5 Å². The van der Waals surface area contributed by atoms with Gasteiger partial charge in [0.1, 0.15) is 0 Å². The average Bonchev–Trinajstić information content (AvgIpc) is 3.38. The lowest BCUT2D eigenvalue weighted by molar-refractivity contribution is -0.123. The molecule has 0 unspecified atom stereocenters. The fourth-order valence-electron chi connectivity index (χ4n) is 3.57. The normalized spacial score (nSPS) is 14.7. The van der Waals surface area contributed by atoms with Crippen molar-refractivity contribution < 1.29 is 28.5 Å². The molecule has 0 bridgehead atoms. The van der Waals surface area contributed by atoms with Crippen LogP contribution < -0.4 is 29.6 Å². The van der Waals surface area contributed by atoms with Crippen LogP contribution in [0.2, 0.25) is 0 Å². The highest BCUT2D eigenvalue weighted by Crippen LogP contribution is 2.33. The van der Waals surface area contributed by atoms with Gasteiger partial charge < -0.3 is 29.6 Å². The summed E-state index contributed by atoms with van der Waals surface area (Å²) in [6.07, 6.45) is 0.438. The first-order valence-electron chi connectivity index (χ1n) is 10.6. The van der Waals surface area contributed by atoms with E-state index in [1.807, 2.05) is 51.1 Å². The molecule has 1 atom stereocenters. The molecule has 2 heterocycles. The molecular weight excluding hydrogens is 412 g/mol. The summed E-state index contributed by atoms with van der Waals surface area (Å²) in [5.74, 6) is 2.44. The number of rotatable bonds is 7. The highest BCUT2D eigenvalue weighted by molar-refractivity contribution is 5.80. The monoisotopic (exact) mass is 440 g/mol. The number of hydrogen-bond acceptors (Lipinski definition) is 6. The van der Waals surface area contributed by atoms with Gasteiger partial charge in [-0.1, -0.05) is 32.9 Å². The Labute approximate surface area is 187 Å². The van der Waals surface area contributed by atoms with Crippen molar-refractivity contribution >= 4 is 11.8 Å². The fraction of sp³-hybridized carbons (Fsp3) is 0.417. The average molecular weight is 440 g/mol. The van der Waals surface area contributed by atoms with E-state index in [9.17, 15) is 9.59 Å². The molecule has 4 rings (SSSR count). The smallest absolute Gasteiger partial charge is 0.231 e. The number of amides is 2. The molecule has 2 amide bonds. The maximum atomic E-state index is 12.7. The molecule has 0 aromatic heterocycles. The SMILES string of the molecule is CC(C)(C)[C@H](CNC(=O)Cc1ccc2c(c1)OCO2)NC(=O)Cc1ccc2c(c1)OCO2. The van der Waals surface area contributed by atoms with E-state index in [2.05, 4.69) is 10.6 Å². The lowest BCUT2D eigenvalue weighted by Gasteiger charge is -2.31. The zero-order valence-electron chi connectivity index (χ0n) is 18.5. The third kappa shape index (κ3) is 5.25. The standard InChI is InChI=1S/C24H28N2O6/c1-24(2,3)21(26-23(28)11-16-5-7-18-20(9-16)32-14-30-18)12-25-22(27)10-15-4-6-17-19(8-15)31-13-29-17/h4-9,21H,10-14H2,1-3H3,(H,25,27)(H,26,28)/t21-/m0/s1. The second-order valence-corrected chi connectivity index (χ2v) is 9.02. The van der Waals surface area contributed by atoms with Gasteiger partial charge in [0.05, 0.1) is 18.9 Å². The predicted molar refractivity (Wildman–Crippen MR) is 117 cm³/mol. The van der Waals surface area contributed by atoms with E-state index in [4.69, 9.17) is 18.9 Å². The molecule has 0 spiro atoms. The van der Waals surface area contributed by atoms with Crippen LogP contribution in [0.3, 0.4) is 0 Å². The second-order valence-electron chi connectivity index (χ2n) is 9.02. The van der Waals surface area contributed by atoms with Gasteiger partial charge in [0, 0.05) is 6.54 Å². The maximum Gasteiger partial charge on any atom is 0.231 e. The molecule has 0 saturated heterocycles. The Morgan fingerprint density at radius 1 is 0.812 bits per heavy atom. The van der Waals surface area contributed by atoms with E-state index in [1.165, 1.54) is 0 Å². The van der Waals surface area contributed by atoms with E-state index in [-0.39, 0.29) is 49.7 Å². The number of carbonyl (C=O) groups excluding carboxylic acids is 2. The number of carbonyl (C=O) groups is 2. The molecule has 8 heteroatoms. The molecule has 8 nitrogen and oxygen atoms in total. The third-order valence-corrected chi connectivity index (χ3v) is 5.49. The molecule has 2 aromatic carbocycles. The third-order valence-electron chi connectivity index (χ3n) is 5.49. The molecular formula is C24H28N2O6. The van der Waals surface area contributed by atoms with Crippen LogP contribution in [0.15, 0.2) is 36.4 Å². The Hall–Kier alpha value is -3.42. The molecule has 2 aliphatic rings. The van der Waals surface area contributed by atoms with Gasteiger partial charge in [-0.15, -0.1) is 0 Å². The Morgan fingerprint density at radius 2 is 1.31 bits per heavy atom. The van der Waals surface area contributed by atoms with Gasteiger partial charge in [0.2, 0.25) is 25.4 Å². The summed E-state index contributed by atoms with van der Waals surface area (Å²) in [7, 11) is 0. The van der Waals surface area contributed by atoms with Crippen LogP contribution in [-0.2, 0) is 22.4 Å². The van der Waals surface area contributed by atoms with Crippen molar-refractivity contribution in [1.29, 1.82) is 0 Å². The van der Waals surface area contributed by atoms with Gasteiger partial charge in [-0.2, -0.15) is 0 Å². The predicted octanol–water partition coefficient (Wildman–Crippen LogP) is 2.58. The van der Waals surface area contributed by atoms with E-state index in [1.54, 1.807) is 6.07 Å². The molecule has 0 aliphatic carbocycles. The van der Waals surface area contributed by atoms with Crippen LogP contribution in [-0.4, -0.2) is 38.0 Å². The fourth-order valence-corrected chi connectivity index (χ4v) is 3.57. The summed E-state index contributed by atoms with van der Waals surface area (Å²) in [5.41, 5.74) is 1.44. The van der Waals surface area contributed by atoms with E-state index < -0.39 is 0 Å². The number of fused-ring (bicyclic) bond motifs is 2. The van der Waals surface area contributed by atoms with Gasteiger partial charge in [0.15, 0.2) is 23.0 Å². The quantitative estimate of drug-likeness (QED) is 0.687. The first-order chi connectivity index (χ1) is 15.3. The number of hydrogen-bond donors (Lipinski definition) is 2. The van der Waals surface area contributed by atoms with Crippen LogP contribution in [0, 0.1) is 5.41 Å². The lowest BCUT2D eigenvalue weighted by atomic mass is 9.86. The first-order valence-corrected chi connectivity index (χ1v) is 10.6. The van der Waals surface area contributed by atoms with Crippen molar-refractivity contribution in [3.8, 4) is 23.0 Å². The van der Waals surface area contributed by atoms with Crippen LogP contribution in [0.5, 0.6) is 23.0 Å². The molecule has 2 aromatic rings. The van der Waals surface area contributed by atoms with Crippen molar-refractivity contribution in [1.82, 2.24) is 10.6 Å². The van der Waals surface area contributed by atoms with Crippen molar-refractivity contribution in [2.45, 2.75) is 39.7 Å². The molecule has 0 saturated carbocycles. The Kier molecular flexibility index (Phi) is 6.12. The zero-order chi connectivity index (χ0) is 22.7. The summed E-state index contributed by atoms with van der Waals surface area (Å²) in [6, 6.07) is 10.7. The molecule has 2 N–H and O–H groups in total. The molecule has 0 fully saturated rings. The maximum absolute atomic E-state index is 12.7. The van der Waals surface area contributed by atoms with E-state index in [0.717, 1.165) is 11.1 Å². The largest absolute Gasteiger partial charge is 0.454 e. The Morgan fingerprint density at radius 3 is 1.84 bits per heavy atom. The number of benzene rings is 2. The van der Waals surface area contributed by atoms with Gasteiger partial charge in [0.25, 0.3) is 0 Å². The minimum atomic E-state index is -0.240. The minimum Gasteiger partial charge on any atom is -0.454 e. The van der Waals surface area contributed by atoms with Gasteiger partial charge in [-0.05, 0) is 40.8 Å². The molecule has 32 heavy (non-hydrogen) atoms. The Balaban J connectivity index is 1.31. The molecule has 170 valence electrons. The van der Waals surface area contributed by atoms with Crippen molar-refractivity contribution in [3.63, 3.8) is 0 Å². The second kappa shape index (κ2) is 8.98. The summed E-state index contributed by atoms with van der Waals surface area (Å²) in [4.78, 5) is 25.2. The minimum absolute atomic E-state index is 0.117. The van der Waals surface area contributed by atoms with Crippen LogP contribution in [0.1, 0.15) is 31.9 Å². The zero-order valence-corrected chi connectivity index (χ0v) is 18.5. The number of nitrogens with one attached hydrogen (secondary N) is 2. The van der Waals surface area contributed by atoms with Gasteiger partial charge in [-0.3, -0.25) is 9.59 Å². The van der Waals surface area contributed by atoms with Crippen LogP contribution >= 0.6 is 0 Å². The van der Waals surface area contributed by atoms with Crippen LogP contribution in [0.4, 0.5) is 0 Å². The van der Waals surface area contributed by atoms with Crippen LogP contribution in [0.25, 0.3) is 0 Å². The first kappa shape index (κ1) is 21.8.